The molecule has 2 aromatic carbocycles. The molecule has 0 bridgehead atoms. The number of rotatable bonds is 9. The Bertz CT molecular complexity index is 1530. The van der Waals surface area contributed by atoms with Gasteiger partial charge in [-0.1, -0.05) is 6.92 Å². The van der Waals surface area contributed by atoms with E-state index in [1.54, 1.807) is 30.3 Å². The highest BCUT2D eigenvalue weighted by molar-refractivity contribution is 7.92. The lowest BCUT2D eigenvalue weighted by Crippen LogP contribution is -2.47. The molecule has 0 spiro atoms. The number of aliphatic hydroxyl groups excluding tert-OH is 1. The normalized spacial score (nSPS) is 20.8. The number of aromatic nitrogens is 1. The molecule has 1 aliphatic heterocycles. The van der Waals surface area contributed by atoms with E-state index in [1.807, 2.05) is 33.0 Å². The third-order valence-electron chi connectivity index (χ3n) is 8.12. The number of nitrogens with one attached hydrogen (secondary N) is 1. The van der Waals surface area contributed by atoms with E-state index >= 15 is 0 Å². The van der Waals surface area contributed by atoms with Crippen LogP contribution in [0.5, 0.6) is 5.75 Å². The molecule has 250 valence electrons. The first-order chi connectivity index (χ1) is 22.0. The molecule has 0 saturated heterocycles. The molecule has 1 aromatic heterocycles. The van der Waals surface area contributed by atoms with Gasteiger partial charge in [0.25, 0.3) is 15.9 Å². The van der Waals surface area contributed by atoms with Crippen LogP contribution in [-0.2, 0) is 21.3 Å². The van der Waals surface area contributed by atoms with Crippen LogP contribution in [0.25, 0.3) is 0 Å². The van der Waals surface area contributed by atoms with Gasteiger partial charge in [-0.25, -0.2) is 12.8 Å². The molecule has 10 nitrogen and oxygen atoms in total. The molecule has 0 radical (unpaired) electrons. The van der Waals surface area contributed by atoms with Crippen LogP contribution >= 0.6 is 0 Å². The number of amides is 1. The lowest BCUT2D eigenvalue weighted by atomic mass is 10.0. The predicted octanol–water partition coefficient (Wildman–Crippen LogP) is 4.95. The smallest absolute Gasteiger partial charge is 0.261 e. The number of aliphatic hydroxyl groups is 1. The summed E-state index contributed by atoms with van der Waals surface area (Å²) in [6, 6.07) is 12.5. The summed E-state index contributed by atoms with van der Waals surface area (Å²) in [5.41, 5.74) is 1.45. The molecule has 0 aliphatic carbocycles. The number of hydrogen-bond donors (Lipinski definition) is 2. The standard InChI is InChI=1S/C34H45FN4O6S/c1-24-20-39(25(2)23-40)34(41)31-19-29(37-46(42,43)30-11-8-28(35)9-12-30)10-13-32(31)45-26(3)7-5-6-18-44-33(24)22-38(4)21-27-14-16-36-17-15-27/h8-17,19,24-26,33,37,40H,5-7,18,20-23H2,1-4H3/t24-,25+,26-,33+/m0/s1. The fourth-order valence-corrected chi connectivity index (χ4v) is 6.50. The fraction of sp³-hybridized carbons (Fsp3) is 0.471. The van der Waals surface area contributed by atoms with Gasteiger partial charge in [-0.05, 0) is 100 Å². The molecule has 2 N–H and O–H groups in total. The predicted molar refractivity (Wildman–Crippen MR) is 175 cm³/mol. The summed E-state index contributed by atoms with van der Waals surface area (Å²) in [6.45, 7) is 7.66. The van der Waals surface area contributed by atoms with Crippen molar-refractivity contribution in [1.29, 1.82) is 0 Å². The van der Waals surface area contributed by atoms with Crippen molar-refractivity contribution >= 4 is 21.6 Å². The number of carbonyl (C=O) groups is 1. The lowest BCUT2D eigenvalue weighted by molar-refractivity contribution is -0.0177. The summed E-state index contributed by atoms with van der Waals surface area (Å²) in [7, 11) is -2.03. The van der Waals surface area contributed by atoms with E-state index in [-0.39, 0.29) is 47.4 Å². The number of fused-ring (bicyclic) bond motifs is 1. The van der Waals surface area contributed by atoms with Crippen LogP contribution in [-0.4, -0.2) is 85.8 Å². The SMILES string of the molecule is C[C@H](CO)N1C[C@H](C)[C@@H](CN(C)Cc2ccncc2)OCCCC[C@H](C)Oc2ccc(NS(=O)(=O)c3ccc(F)cc3)cc2C1=O. The van der Waals surface area contributed by atoms with Gasteiger partial charge in [-0.15, -0.1) is 0 Å². The van der Waals surface area contributed by atoms with Crippen LogP contribution in [0.15, 0.2) is 71.9 Å². The van der Waals surface area contributed by atoms with Crippen LogP contribution in [0.2, 0.25) is 0 Å². The molecule has 1 aliphatic rings. The molecule has 12 heteroatoms. The number of likely N-dealkylation sites (N-methyl/N-ethyl adjacent to an activating group) is 1. The minimum absolute atomic E-state index is 0.107. The molecule has 0 unspecified atom stereocenters. The maximum Gasteiger partial charge on any atom is 0.261 e. The Kier molecular flexibility index (Phi) is 12.5. The maximum atomic E-state index is 14.3. The second-order valence-electron chi connectivity index (χ2n) is 12.1. The fourth-order valence-electron chi connectivity index (χ4n) is 5.45. The molecule has 46 heavy (non-hydrogen) atoms. The van der Waals surface area contributed by atoms with Crippen molar-refractivity contribution in [2.45, 2.75) is 69.7 Å². The second-order valence-corrected chi connectivity index (χ2v) is 13.8. The first kappa shape index (κ1) is 35.3. The molecular formula is C34H45FN4O6S. The summed E-state index contributed by atoms with van der Waals surface area (Å²) in [5, 5.41) is 10.2. The van der Waals surface area contributed by atoms with Crippen LogP contribution < -0.4 is 9.46 Å². The highest BCUT2D eigenvalue weighted by Crippen LogP contribution is 2.29. The van der Waals surface area contributed by atoms with Gasteiger partial charge in [-0.3, -0.25) is 19.4 Å². The molecule has 1 amide bonds. The van der Waals surface area contributed by atoms with Gasteiger partial charge >= 0.3 is 0 Å². The Morgan fingerprint density at radius 1 is 1.11 bits per heavy atom. The average Bonchev–Trinajstić information content (AvgIpc) is 3.03. The Morgan fingerprint density at radius 3 is 2.52 bits per heavy atom. The van der Waals surface area contributed by atoms with Gasteiger partial charge in [0.05, 0.1) is 35.3 Å². The van der Waals surface area contributed by atoms with E-state index in [9.17, 15) is 22.7 Å². The van der Waals surface area contributed by atoms with Gasteiger partial charge in [0.2, 0.25) is 0 Å². The number of ether oxygens (including phenoxy) is 2. The number of halogens is 1. The third-order valence-corrected chi connectivity index (χ3v) is 9.52. The molecular weight excluding hydrogens is 611 g/mol. The molecule has 0 fully saturated rings. The number of sulfonamides is 1. The minimum atomic E-state index is -4.07. The van der Waals surface area contributed by atoms with Crippen LogP contribution in [0.4, 0.5) is 10.1 Å². The summed E-state index contributed by atoms with van der Waals surface area (Å²) in [6.07, 6.45) is 5.56. The number of nitrogens with zero attached hydrogens (tertiary/aromatic N) is 3. The Morgan fingerprint density at radius 2 is 1.83 bits per heavy atom. The summed E-state index contributed by atoms with van der Waals surface area (Å²) < 4.78 is 54.8. The third kappa shape index (κ3) is 9.71. The zero-order chi connectivity index (χ0) is 33.3. The first-order valence-corrected chi connectivity index (χ1v) is 17.1. The van der Waals surface area contributed by atoms with Crippen LogP contribution in [0.1, 0.15) is 56.0 Å². The van der Waals surface area contributed by atoms with Crippen molar-refractivity contribution in [3.63, 3.8) is 0 Å². The quantitative estimate of drug-likeness (QED) is 0.332. The zero-order valence-corrected chi connectivity index (χ0v) is 27.7. The van der Waals surface area contributed by atoms with E-state index in [1.165, 1.54) is 24.3 Å². The highest BCUT2D eigenvalue weighted by atomic mass is 32.2. The monoisotopic (exact) mass is 656 g/mol. The van der Waals surface area contributed by atoms with Crippen molar-refractivity contribution < 1.29 is 32.2 Å². The average molecular weight is 657 g/mol. The molecule has 3 aromatic rings. The number of hydrogen-bond acceptors (Lipinski definition) is 8. The van der Waals surface area contributed by atoms with E-state index in [0.29, 0.717) is 25.4 Å². The molecule has 0 saturated carbocycles. The van der Waals surface area contributed by atoms with Gasteiger partial charge < -0.3 is 19.5 Å². The summed E-state index contributed by atoms with van der Waals surface area (Å²) in [4.78, 5) is 22.1. The maximum absolute atomic E-state index is 14.3. The zero-order valence-electron chi connectivity index (χ0n) is 26.9. The largest absolute Gasteiger partial charge is 0.490 e. The van der Waals surface area contributed by atoms with E-state index in [2.05, 4.69) is 14.6 Å². The van der Waals surface area contributed by atoms with Gasteiger partial charge in [0.15, 0.2) is 0 Å². The van der Waals surface area contributed by atoms with Crippen LogP contribution in [0, 0.1) is 11.7 Å². The summed E-state index contributed by atoms with van der Waals surface area (Å²) in [5.74, 6) is -0.738. The van der Waals surface area contributed by atoms with Crippen LogP contribution in [0.3, 0.4) is 0 Å². The molecule has 2 heterocycles. The van der Waals surface area contributed by atoms with Gasteiger partial charge in [-0.2, -0.15) is 0 Å². The second kappa shape index (κ2) is 16.3. The van der Waals surface area contributed by atoms with Crippen molar-refractivity contribution in [3.05, 3.63) is 83.9 Å². The topological polar surface area (TPSA) is 121 Å². The van der Waals surface area contributed by atoms with E-state index in [0.717, 1.165) is 37.0 Å². The molecule has 4 rings (SSSR count). The number of anilines is 1. The minimum Gasteiger partial charge on any atom is -0.490 e. The number of carbonyl (C=O) groups excluding carboxylic acids is 1. The first-order valence-electron chi connectivity index (χ1n) is 15.7. The Balaban J connectivity index is 1.64. The van der Waals surface area contributed by atoms with Gasteiger partial charge in [0, 0.05) is 50.2 Å². The van der Waals surface area contributed by atoms with E-state index < -0.39 is 27.8 Å². The van der Waals surface area contributed by atoms with Crippen molar-refractivity contribution in [1.82, 2.24) is 14.8 Å². The summed E-state index contributed by atoms with van der Waals surface area (Å²) >= 11 is 0. The van der Waals surface area contributed by atoms with E-state index in [4.69, 9.17) is 9.47 Å². The lowest BCUT2D eigenvalue weighted by Gasteiger charge is -2.36. The molecule has 4 atom stereocenters. The highest BCUT2D eigenvalue weighted by Gasteiger charge is 2.30. The van der Waals surface area contributed by atoms with Crippen molar-refractivity contribution in [2.75, 3.05) is 38.1 Å². The Labute approximate surface area is 271 Å². The Hall–Kier alpha value is -3.58. The van der Waals surface area contributed by atoms with Crippen molar-refractivity contribution in [2.24, 2.45) is 5.92 Å². The number of benzene rings is 2. The number of pyridine rings is 1. The van der Waals surface area contributed by atoms with Gasteiger partial charge in [0.1, 0.15) is 11.6 Å². The van der Waals surface area contributed by atoms with Crippen molar-refractivity contribution in [3.8, 4) is 5.75 Å².